The molecular formula is C29H19IO3. The molecule has 0 radical (unpaired) electrons. The predicted octanol–water partition coefficient (Wildman–Crippen LogP) is 8.27. The molecule has 4 heteroatoms. The van der Waals surface area contributed by atoms with Crippen molar-refractivity contribution < 1.29 is 13.0 Å². The Hall–Kier alpha value is -3.64. The largest absolute Gasteiger partial charge is 0.478 e. The third-order valence-electron chi connectivity index (χ3n) is 5.80. The van der Waals surface area contributed by atoms with Crippen molar-refractivity contribution in [2.75, 3.05) is 0 Å². The summed E-state index contributed by atoms with van der Waals surface area (Å²) in [5.74, 6) is -0.660. The quantitative estimate of drug-likeness (QED) is 0.228. The van der Waals surface area contributed by atoms with Crippen LogP contribution in [0, 0.1) is 0 Å². The van der Waals surface area contributed by atoms with Crippen LogP contribution >= 0.6 is 23.0 Å². The van der Waals surface area contributed by atoms with Gasteiger partial charge in [0.1, 0.15) is 5.56 Å². The minimum absolute atomic E-state index is 0.162. The van der Waals surface area contributed by atoms with Gasteiger partial charge in [-0.05, 0) is 45.3 Å². The van der Waals surface area contributed by atoms with Crippen molar-refractivity contribution in [3.8, 4) is 39.1 Å². The highest BCUT2D eigenvalue weighted by atomic mass is 127. The van der Waals surface area contributed by atoms with Gasteiger partial charge in [0.05, 0.1) is 0 Å². The molecule has 1 N–H and O–H groups in total. The molecule has 160 valence electrons. The topological polar surface area (TPSA) is 46.5 Å². The fourth-order valence-electron chi connectivity index (χ4n) is 4.35. The van der Waals surface area contributed by atoms with Crippen LogP contribution in [0.15, 0.2) is 109 Å². The number of carboxylic acids is 1. The number of hydrogen-bond acceptors (Lipinski definition) is 2. The van der Waals surface area contributed by atoms with E-state index in [2.05, 4.69) is 24.3 Å². The molecule has 3 nitrogen and oxygen atoms in total. The molecule has 0 aliphatic rings. The van der Waals surface area contributed by atoms with Crippen molar-refractivity contribution in [1.29, 1.82) is 0 Å². The maximum Gasteiger partial charge on any atom is 0.340 e. The lowest BCUT2D eigenvalue weighted by molar-refractivity contribution is 0.0696. The lowest BCUT2D eigenvalue weighted by atomic mass is 9.86. The molecule has 0 saturated heterocycles. The minimum atomic E-state index is -1.02. The Morgan fingerprint density at radius 3 is 1.67 bits per heavy atom. The highest BCUT2D eigenvalue weighted by Crippen LogP contribution is 2.45. The first-order chi connectivity index (χ1) is 16.2. The summed E-state index contributed by atoms with van der Waals surface area (Å²) in [5.41, 5.74) is 5.90. The lowest BCUT2D eigenvalue weighted by Gasteiger charge is -2.19. The van der Waals surface area contributed by atoms with Crippen LogP contribution in [0.5, 0.6) is 5.75 Å². The van der Waals surface area contributed by atoms with Crippen LogP contribution in [0.1, 0.15) is 10.4 Å². The summed E-state index contributed by atoms with van der Waals surface area (Å²) in [6, 6.07) is 36.0. The van der Waals surface area contributed by atoms with Crippen LogP contribution in [0.25, 0.3) is 44.2 Å². The summed E-state index contributed by atoms with van der Waals surface area (Å²) in [5, 5.41) is 11.8. The van der Waals surface area contributed by atoms with Crippen molar-refractivity contribution in [3.05, 3.63) is 115 Å². The molecule has 5 rings (SSSR count). The van der Waals surface area contributed by atoms with Gasteiger partial charge in [0.15, 0.2) is 28.8 Å². The van der Waals surface area contributed by atoms with Crippen LogP contribution in [-0.2, 0) is 0 Å². The molecule has 0 fully saturated rings. The van der Waals surface area contributed by atoms with Gasteiger partial charge in [-0.2, -0.15) is 0 Å². The zero-order chi connectivity index (χ0) is 22.8. The van der Waals surface area contributed by atoms with E-state index < -0.39 is 5.97 Å². The Morgan fingerprint density at radius 1 is 0.636 bits per heavy atom. The highest BCUT2D eigenvalue weighted by molar-refractivity contribution is 14.1. The van der Waals surface area contributed by atoms with Gasteiger partial charge >= 0.3 is 5.97 Å². The van der Waals surface area contributed by atoms with Crippen molar-refractivity contribution in [2.24, 2.45) is 0 Å². The SMILES string of the molecule is O=C(O)c1c(-c2ccccc2)cc2c(-c3ccccc3)c(-c3ccccc3)ccc2c1OI. The first-order valence-electron chi connectivity index (χ1n) is 10.5. The highest BCUT2D eigenvalue weighted by Gasteiger charge is 2.24. The minimum Gasteiger partial charge on any atom is -0.478 e. The predicted molar refractivity (Wildman–Crippen MR) is 142 cm³/mol. The van der Waals surface area contributed by atoms with Gasteiger partial charge in [0, 0.05) is 10.9 Å². The summed E-state index contributed by atoms with van der Waals surface area (Å²) in [7, 11) is 0. The van der Waals surface area contributed by atoms with Crippen LogP contribution < -0.4 is 3.07 Å². The molecule has 0 amide bonds. The van der Waals surface area contributed by atoms with Gasteiger partial charge in [-0.1, -0.05) is 97.1 Å². The van der Waals surface area contributed by atoms with Gasteiger partial charge in [0.25, 0.3) is 0 Å². The molecule has 0 saturated carbocycles. The monoisotopic (exact) mass is 542 g/mol. The zero-order valence-electron chi connectivity index (χ0n) is 17.5. The van der Waals surface area contributed by atoms with Gasteiger partial charge in [-0.15, -0.1) is 0 Å². The third kappa shape index (κ3) is 3.87. The fraction of sp³-hybridized carbons (Fsp3) is 0. The molecule has 0 heterocycles. The summed E-state index contributed by atoms with van der Waals surface area (Å²) in [6.07, 6.45) is 0. The molecule has 0 bridgehead atoms. The van der Waals surface area contributed by atoms with Crippen LogP contribution in [-0.4, -0.2) is 11.1 Å². The molecule has 0 aliphatic heterocycles. The molecular weight excluding hydrogens is 523 g/mol. The number of fused-ring (bicyclic) bond motifs is 1. The number of benzene rings is 5. The Labute approximate surface area is 206 Å². The summed E-state index contributed by atoms with van der Waals surface area (Å²) >= 11 is 1.78. The van der Waals surface area contributed by atoms with E-state index in [4.69, 9.17) is 3.07 Å². The van der Waals surface area contributed by atoms with Gasteiger partial charge in [-0.25, -0.2) is 4.79 Å². The van der Waals surface area contributed by atoms with E-state index in [1.807, 2.05) is 84.9 Å². The Balaban J connectivity index is 1.96. The number of halogens is 1. The fourth-order valence-corrected chi connectivity index (χ4v) is 4.81. The first kappa shape index (κ1) is 21.2. The smallest absolute Gasteiger partial charge is 0.340 e. The van der Waals surface area contributed by atoms with Crippen LogP contribution in [0.4, 0.5) is 0 Å². The van der Waals surface area contributed by atoms with E-state index in [1.54, 1.807) is 23.0 Å². The average molecular weight is 542 g/mol. The molecule has 0 atom stereocenters. The molecule has 5 aromatic rings. The second kappa shape index (κ2) is 9.08. The molecule has 0 spiro atoms. The summed E-state index contributed by atoms with van der Waals surface area (Å²) in [4.78, 5) is 12.4. The number of carbonyl (C=O) groups is 1. The van der Waals surface area contributed by atoms with Crippen molar-refractivity contribution in [2.45, 2.75) is 0 Å². The van der Waals surface area contributed by atoms with E-state index in [0.717, 1.165) is 38.6 Å². The normalized spacial score (nSPS) is 10.8. The van der Waals surface area contributed by atoms with Gasteiger partial charge < -0.3 is 8.17 Å². The average Bonchev–Trinajstić information content (AvgIpc) is 2.88. The number of rotatable bonds is 5. The molecule has 0 aromatic heterocycles. The van der Waals surface area contributed by atoms with E-state index in [-0.39, 0.29) is 5.56 Å². The number of carboxylic acid groups (broad SMARTS) is 1. The van der Waals surface area contributed by atoms with Gasteiger partial charge in [0.2, 0.25) is 0 Å². The first-order valence-corrected chi connectivity index (χ1v) is 11.4. The van der Waals surface area contributed by atoms with E-state index in [0.29, 0.717) is 11.3 Å². The van der Waals surface area contributed by atoms with Crippen molar-refractivity contribution in [1.82, 2.24) is 0 Å². The maximum absolute atomic E-state index is 12.4. The zero-order valence-corrected chi connectivity index (χ0v) is 19.7. The summed E-state index contributed by atoms with van der Waals surface area (Å²) in [6.45, 7) is 0. The Kier molecular flexibility index (Phi) is 5.84. The van der Waals surface area contributed by atoms with E-state index >= 15 is 0 Å². The van der Waals surface area contributed by atoms with E-state index in [9.17, 15) is 9.90 Å². The Bertz CT molecular complexity index is 1450. The third-order valence-corrected chi connectivity index (χ3v) is 6.24. The van der Waals surface area contributed by atoms with Crippen molar-refractivity contribution >= 4 is 39.7 Å². The molecule has 0 unspecified atom stereocenters. The number of hydrogen-bond donors (Lipinski definition) is 1. The maximum atomic E-state index is 12.4. The second-order valence-corrected chi connectivity index (χ2v) is 8.13. The van der Waals surface area contributed by atoms with E-state index in [1.165, 1.54) is 0 Å². The number of aromatic carboxylic acids is 1. The van der Waals surface area contributed by atoms with Crippen molar-refractivity contribution in [3.63, 3.8) is 0 Å². The van der Waals surface area contributed by atoms with Gasteiger partial charge in [-0.3, -0.25) is 0 Å². The standard InChI is InChI=1S/C29H19IO3/c30-33-28-23-17-16-22(19-10-4-1-5-11-19)26(21-14-8-3-9-15-21)25(23)18-24(27(28)29(31)32)20-12-6-2-7-13-20/h1-18H,(H,31,32). The Morgan fingerprint density at radius 2 is 1.15 bits per heavy atom. The summed E-state index contributed by atoms with van der Waals surface area (Å²) < 4.78 is 5.71. The van der Waals surface area contributed by atoms with Crippen LogP contribution in [0.3, 0.4) is 0 Å². The molecule has 0 aliphatic carbocycles. The lowest BCUT2D eigenvalue weighted by Crippen LogP contribution is -2.03. The second-order valence-electron chi connectivity index (χ2n) is 7.69. The molecule has 33 heavy (non-hydrogen) atoms. The molecule has 5 aromatic carbocycles. The van der Waals surface area contributed by atoms with Crippen LogP contribution in [0.2, 0.25) is 0 Å².